The monoisotopic (exact) mass is 400 g/mol. The van der Waals surface area contributed by atoms with Crippen molar-refractivity contribution in [1.82, 2.24) is 0 Å². The van der Waals surface area contributed by atoms with E-state index in [0.717, 1.165) is 37.5 Å². The van der Waals surface area contributed by atoms with Crippen LogP contribution < -0.4 is 0 Å². The van der Waals surface area contributed by atoms with Gasteiger partial charge in [0.25, 0.3) is 0 Å². The molecule has 0 fully saturated rings. The van der Waals surface area contributed by atoms with E-state index < -0.39 is 0 Å². The lowest BCUT2D eigenvalue weighted by atomic mass is 9.90. The number of unbranched alkanes of at least 4 members (excludes halogenated alkanes) is 10. The maximum Gasteiger partial charge on any atom is 0.313 e. The average molecular weight is 401 g/mol. The van der Waals surface area contributed by atoms with Crippen LogP contribution in [0, 0.1) is 0 Å². The van der Waals surface area contributed by atoms with E-state index in [1.807, 2.05) is 18.2 Å². The van der Waals surface area contributed by atoms with Crippen LogP contribution in [-0.4, -0.2) is 19.4 Å². The first-order valence-corrected chi connectivity index (χ1v) is 11.5. The molecule has 1 aromatic carbocycles. The normalized spacial score (nSPS) is 12.2. The van der Waals surface area contributed by atoms with E-state index in [0.29, 0.717) is 5.56 Å². The quantitative estimate of drug-likeness (QED) is 0.118. The Hall–Kier alpha value is -1.90. The Labute approximate surface area is 177 Å². The van der Waals surface area contributed by atoms with Gasteiger partial charge in [0.2, 0.25) is 0 Å². The molecule has 0 saturated carbocycles. The molecule has 0 N–H and O–H groups in total. The van der Waals surface area contributed by atoms with Gasteiger partial charge in [0.15, 0.2) is 0 Å². The van der Waals surface area contributed by atoms with E-state index >= 15 is 0 Å². The summed E-state index contributed by atoms with van der Waals surface area (Å²) < 4.78 is 4.97. The second-order valence-electron chi connectivity index (χ2n) is 7.84. The second-order valence-corrected chi connectivity index (χ2v) is 7.84. The lowest BCUT2D eigenvalue weighted by molar-refractivity contribution is -0.142. The molecule has 0 bridgehead atoms. The summed E-state index contributed by atoms with van der Waals surface area (Å²) >= 11 is 0. The minimum atomic E-state index is -0.348. The van der Waals surface area contributed by atoms with E-state index in [2.05, 4.69) is 19.1 Å². The van der Waals surface area contributed by atoms with Crippen LogP contribution in [0.15, 0.2) is 36.4 Å². The van der Waals surface area contributed by atoms with E-state index in [4.69, 9.17) is 4.74 Å². The minimum Gasteiger partial charge on any atom is -0.469 e. The van der Waals surface area contributed by atoms with Crippen LogP contribution in [0.3, 0.4) is 0 Å². The van der Waals surface area contributed by atoms with E-state index in [-0.39, 0.29) is 11.9 Å². The maximum absolute atomic E-state index is 12.2. The number of allylic oxidation sites excluding steroid dienone is 2. The van der Waals surface area contributed by atoms with Crippen molar-refractivity contribution >= 4 is 12.3 Å². The van der Waals surface area contributed by atoms with Crippen LogP contribution in [-0.2, 0) is 9.53 Å². The molecule has 0 heterocycles. The highest BCUT2D eigenvalue weighted by molar-refractivity contribution is 5.84. The second kappa shape index (κ2) is 17.0. The molecule has 0 aliphatic heterocycles. The lowest BCUT2D eigenvalue weighted by Crippen LogP contribution is -2.16. The van der Waals surface area contributed by atoms with Gasteiger partial charge in [0.1, 0.15) is 6.29 Å². The molecule has 0 saturated heterocycles. The number of hydrogen-bond donors (Lipinski definition) is 0. The van der Waals surface area contributed by atoms with Crippen molar-refractivity contribution in [2.24, 2.45) is 0 Å². The van der Waals surface area contributed by atoms with Crippen LogP contribution >= 0.6 is 0 Å². The Kier molecular flexibility index (Phi) is 14.7. The number of methoxy groups -OCH3 is 1. The van der Waals surface area contributed by atoms with Crippen molar-refractivity contribution in [2.75, 3.05) is 7.11 Å². The molecule has 1 aromatic rings. The van der Waals surface area contributed by atoms with Gasteiger partial charge >= 0.3 is 5.97 Å². The number of rotatable bonds is 17. The third-order valence-electron chi connectivity index (χ3n) is 5.49. The van der Waals surface area contributed by atoms with Gasteiger partial charge in [0, 0.05) is 5.56 Å². The molecule has 29 heavy (non-hydrogen) atoms. The zero-order valence-electron chi connectivity index (χ0n) is 18.5. The molecule has 0 aromatic heterocycles. The van der Waals surface area contributed by atoms with Gasteiger partial charge in [-0.15, -0.1) is 0 Å². The van der Waals surface area contributed by atoms with Gasteiger partial charge < -0.3 is 4.74 Å². The summed E-state index contributed by atoms with van der Waals surface area (Å²) in [4.78, 5) is 23.5. The Morgan fingerprint density at radius 3 is 2.10 bits per heavy atom. The van der Waals surface area contributed by atoms with Crippen LogP contribution in [0.1, 0.15) is 112 Å². The van der Waals surface area contributed by atoms with Crippen molar-refractivity contribution in [3.63, 3.8) is 0 Å². The molecular weight excluding hydrogens is 360 g/mol. The van der Waals surface area contributed by atoms with Crippen LogP contribution in [0.2, 0.25) is 0 Å². The fourth-order valence-electron chi connectivity index (χ4n) is 3.72. The first-order chi connectivity index (χ1) is 14.2. The number of benzene rings is 1. The summed E-state index contributed by atoms with van der Waals surface area (Å²) in [6.45, 7) is 2.26. The molecule has 0 amide bonds. The Balaban J connectivity index is 2.19. The van der Waals surface area contributed by atoms with Crippen molar-refractivity contribution in [2.45, 2.75) is 96.3 Å². The lowest BCUT2D eigenvalue weighted by Gasteiger charge is -2.16. The van der Waals surface area contributed by atoms with Crippen molar-refractivity contribution in [1.29, 1.82) is 0 Å². The largest absolute Gasteiger partial charge is 0.469 e. The summed E-state index contributed by atoms with van der Waals surface area (Å²) in [6.07, 6.45) is 21.1. The van der Waals surface area contributed by atoms with Crippen molar-refractivity contribution in [3.8, 4) is 0 Å². The highest BCUT2D eigenvalue weighted by Gasteiger charge is 2.23. The zero-order chi connectivity index (χ0) is 21.2. The van der Waals surface area contributed by atoms with Gasteiger partial charge in [-0.2, -0.15) is 0 Å². The topological polar surface area (TPSA) is 43.4 Å². The SMILES string of the molecule is CCCCCCCC/C=C\CCCCCCC(C(=O)OC)c1ccccc1C=O. The van der Waals surface area contributed by atoms with Gasteiger partial charge in [-0.3, -0.25) is 9.59 Å². The van der Waals surface area contributed by atoms with Crippen molar-refractivity contribution in [3.05, 3.63) is 47.5 Å². The molecule has 162 valence electrons. The predicted octanol–water partition coefficient (Wildman–Crippen LogP) is 7.40. The molecule has 1 unspecified atom stereocenters. The standard InChI is InChI=1S/C26H40O3/c1-3-4-5-6-7-8-9-10-11-12-13-14-15-16-21-25(26(28)29-2)24-20-18-17-19-23(24)22-27/h10-11,17-20,22,25H,3-9,12-16,21H2,1-2H3/b11-10-. The summed E-state index contributed by atoms with van der Waals surface area (Å²) in [5.41, 5.74) is 1.37. The summed E-state index contributed by atoms with van der Waals surface area (Å²) in [6, 6.07) is 7.31. The summed E-state index contributed by atoms with van der Waals surface area (Å²) in [5.74, 6) is -0.601. The molecule has 0 spiro atoms. The van der Waals surface area contributed by atoms with E-state index in [9.17, 15) is 9.59 Å². The maximum atomic E-state index is 12.2. The highest BCUT2D eigenvalue weighted by Crippen LogP contribution is 2.26. The number of hydrogen-bond acceptors (Lipinski definition) is 3. The number of aldehydes is 1. The molecule has 1 rings (SSSR count). The predicted molar refractivity (Wildman–Crippen MR) is 121 cm³/mol. The molecule has 0 radical (unpaired) electrons. The van der Waals surface area contributed by atoms with Gasteiger partial charge in [-0.05, 0) is 37.7 Å². The average Bonchev–Trinajstić information content (AvgIpc) is 2.76. The molecule has 3 heteroatoms. The number of esters is 1. The summed E-state index contributed by atoms with van der Waals surface area (Å²) in [5, 5.41) is 0. The first kappa shape index (κ1) is 25.1. The first-order valence-electron chi connectivity index (χ1n) is 11.5. The van der Waals surface area contributed by atoms with E-state index in [1.54, 1.807) is 6.07 Å². The minimum absolute atomic E-state index is 0.253. The number of carbonyl (C=O) groups is 2. The Bertz CT molecular complexity index is 591. The number of ether oxygens (including phenoxy) is 1. The Morgan fingerprint density at radius 1 is 0.897 bits per heavy atom. The number of carbonyl (C=O) groups excluding carboxylic acids is 2. The molecule has 0 aliphatic carbocycles. The van der Waals surface area contributed by atoms with Crippen LogP contribution in [0.25, 0.3) is 0 Å². The van der Waals surface area contributed by atoms with Gasteiger partial charge in [0.05, 0.1) is 13.0 Å². The van der Waals surface area contributed by atoms with Crippen LogP contribution in [0.5, 0.6) is 0 Å². The molecule has 1 atom stereocenters. The molecule has 3 nitrogen and oxygen atoms in total. The van der Waals surface area contributed by atoms with Crippen molar-refractivity contribution < 1.29 is 14.3 Å². The zero-order valence-corrected chi connectivity index (χ0v) is 18.5. The summed E-state index contributed by atoms with van der Waals surface area (Å²) in [7, 11) is 1.41. The molecule has 0 aliphatic rings. The smallest absolute Gasteiger partial charge is 0.313 e. The van der Waals surface area contributed by atoms with Gasteiger partial charge in [-0.1, -0.05) is 94.7 Å². The third-order valence-corrected chi connectivity index (χ3v) is 5.49. The highest BCUT2D eigenvalue weighted by atomic mass is 16.5. The fourth-order valence-corrected chi connectivity index (χ4v) is 3.72. The van der Waals surface area contributed by atoms with Gasteiger partial charge in [-0.25, -0.2) is 0 Å². The fraction of sp³-hybridized carbons (Fsp3) is 0.615. The van der Waals surface area contributed by atoms with E-state index in [1.165, 1.54) is 64.9 Å². The third kappa shape index (κ3) is 11.0. The Morgan fingerprint density at radius 2 is 1.48 bits per heavy atom. The molecular formula is C26H40O3. The van der Waals surface area contributed by atoms with Crippen LogP contribution in [0.4, 0.5) is 0 Å².